The molecule has 0 aliphatic rings. The summed E-state index contributed by atoms with van der Waals surface area (Å²) in [5.74, 6) is 0. The maximum absolute atomic E-state index is 6.38. The number of aromatic nitrogens is 1. The summed E-state index contributed by atoms with van der Waals surface area (Å²) in [6.07, 6.45) is 1.87. The summed E-state index contributed by atoms with van der Waals surface area (Å²) in [4.78, 5) is 6.94. The third-order valence-corrected chi connectivity index (χ3v) is 6.70. The van der Waals surface area contributed by atoms with Crippen molar-refractivity contribution in [2.75, 3.05) is 4.90 Å². The Morgan fingerprint density at radius 1 is 0.556 bits per heavy atom. The largest absolute Gasteiger partial charge is 0.452 e. The van der Waals surface area contributed by atoms with Crippen LogP contribution in [-0.2, 0) is 0 Å². The molecule has 0 aliphatic heterocycles. The van der Waals surface area contributed by atoms with Crippen LogP contribution < -0.4 is 4.90 Å². The number of para-hydroxylation sites is 1. The fourth-order valence-corrected chi connectivity index (χ4v) is 4.94. The summed E-state index contributed by atoms with van der Waals surface area (Å²) in [5.41, 5.74) is 7.94. The zero-order chi connectivity index (χ0) is 23.9. The first-order valence-electron chi connectivity index (χ1n) is 12.1. The number of furan rings is 1. The number of hydrogen-bond donors (Lipinski definition) is 0. The molecule has 0 N–H and O–H groups in total. The fraction of sp³-hybridized carbons (Fsp3) is 0. The summed E-state index contributed by atoms with van der Waals surface area (Å²) in [7, 11) is 0. The second-order valence-corrected chi connectivity index (χ2v) is 8.89. The predicted octanol–water partition coefficient (Wildman–Crippen LogP) is 9.27. The van der Waals surface area contributed by atoms with E-state index in [4.69, 9.17) is 4.42 Å². The minimum absolute atomic E-state index is 0.777. The van der Waals surface area contributed by atoms with Crippen LogP contribution in [0.2, 0.25) is 0 Å². The Labute approximate surface area is 208 Å². The van der Waals surface area contributed by atoms with Crippen molar-refractivity contribution in [1.82, 2.24) is 4.98 Å². The molecule has 0 radical (unpaired) electrons. The molecule has 3 nitrogen and oxygen atoms in total. The van der Waals surface area contributed by atoms with E-state index >= 15 is 0 Å². The van der Waals surface area contributed by atoms with E-state index in [1.54, 1.807) is 0 Å². The molecule has 2 heterocycles. The Bertz CT molecular complexity index is 1840. The molecular formula is C33H22N2O. The van der Waals surface area contributed by atoms with E-state index in [1.807, 2.05) is 36.5 Å². The molecule has 170 valence electrons. The van der Waals surface area contributed by atoms with Gasteiger partial charge in [0.15, 0.2) is 5.58 Å². The Hall–Kier alpha value is -4.89. The van der Waals surface area contributed by atoms with E-state index in [-0.39, 0.29) is 0 Å². The zero-order valence-corrected chi connectivity index (χ0v) is 19.5. The lowest BCUT2D eigenvalue weighted by Gasteiger charge is -2.26. The first kappa shape index (κ1) is 20.5. The highest BCUT2D eigenvalue weighted by atomic mass is 16.3. The summed E-state index contributed by atoms with van der Waals surface area (Å²) >= 11 is 0. The SMILES string of the molecule is c1ccc(-c2ccc(N(c3ccc4ccccc4c3)c3ccnc4c3oc3ccccc34)cc2)cc1. The molecule has 2 aromatic heterocycles. The normalized spacial score (nSPS) is 11.3. The monoisotopic (exact) mass is 462 g/mol. The number of rotatable bonds is 4. The average molecular weight is 463 g/mol. The van der Waals surface area contributed by atoms with Gasteiger partial charge in [-0.3, -0.25) is 4.98 Å². The Morgan fingerprint density at radius 3 is 2.11 bits per heavy atom. The van der Waals surface area contributed by atoms with Gasteiger partial charge in [-0.15, -0.1) is 0 Å². The molecule has 7 rings (SSSR count). The van der Waals surface area contributed by atoms with Crippen molar-refractivity contribution in [3.63, 3.8) is 0 Å². The molecule has 36 heavy (non-hydrogen) atoms. The maximum atomic E-state index is 6.38. The van der Waals surface area contributed by atoms with E-state index in [0.717, 1.165) is 39.1 Å². The van der Waals surface area contributed by atoms with Crippen molar-refractivity contribution < 1.29 is 4.42 Å². The summed E-state index contributed by atoms with van der Waals surface area (Å²) in [6, 6.07) is 44.3. The van der Waals surface area contributed by atoms with Crippen molar-refractivity contribution in [2.24, 2.45) is 0 Å². The van der Waals surface area contributed by atoms with Gasteiger partial charge >= 0.3 is 0 Å². The standard InChI is InChI=1S/C33H22N2O/c1-2-8-23(9-3-1)25-14-17-27(18-15-25)35(28-19-16-24-10-4-5-11-26(24)22-28)30-20-21-34-32-29-12-6-7-13-31(29)36-33(30)32/h1-22H. The second kappa shape index (κ2) is 8.40. The van der Waals surface area contributed by atoms with E-state index in [0.29, 0.717) is 0 Å². The maximum Gasteiger partial charge on any atom is 0.177 e. The topological polar surface area (TPSA) is 29.3 Å². The summed E-state index contributed by atoms with van der Waals surface area (Å²) < 4.78 is 6.38. The van der Waals surface area contributed by atoms with Crippen LogP contribution in [0.4, 0.5) is 17.1 Å². The van der Waals surface area contributed by atoms with E-state index < -0.39 is 0 Å². The van der Waals surface area contributed by atoms with Crippen LogP contribution in [0.3, 0.4) is 0 Å². The van der Waals surface area contributed by atoms with Crippen molar-refractivity contribution in [3.8, 4) is 11.1 Å². The number of hydrogen-bond acceptors (Lipinski definition) is 3. The van der Waals surface area contributed by atoms with E-state index in [9.17, 15) is 0 Å². The zero-order valence-electron chi connectivity index (χ0n) is 19.5. The third-order valence-electron chi connectivity index (χ3n) is 6.70. The molecule has 0 saturated carbocycles. The van der Waals surface area contributed by atoms with Crippen LogP contribution in [0.25, 0.3) is 44.0 Å². The van der Waals surface area contributed by atoms with Crippen molar-refractivity contribution >= 4 is 49.9 Å². The molecule has 0 atom stereocenters. The number of benzene rings is 5. The molecular weight excluding hydrogens is 440 g/mol. The van der Waals surface area contributed by atoms with Gasteiger partial charge in [0.05, 0.1) is 5.69 Å². The van der Waals surface area contributed by atoms with Gasteiger partial charge in [-0.25, -0.2) is 0 Å². The minimum atomic E-state index is 0.777. The molecule has 0 unspecified atom stereocenters. The molecule has 0 fully saturated rings. The van der Waals surface area contributed by atoms with E-state index in [2.05, 4.69) is 107 Å². The lowest BCUT2D eigenvalue weighted by molar-refractivity contribution is 0.668. The smallest absolute Gasteiger partial charge is 0.177 e. The van der Waals surface area contributed by atoms with Gasteiger partial charge in [-0.2, -0.15) is 0 Å². The van der Waals surface area contributed by atoms with Gasteiger partial charge < -0.3 is 9.32 Å². The Balaban J connectivity index is 1.45. The molecule has 0 bridgehead atoms. The molecule has 0 spiro atoms. The van der Waals surface area contributed by atoms with Crippen molar-refractivity contribution in [2.45, 2.75) is 0 Å². The number of anilines is 3. The van der Waals surface area contributed by atoms with Crippen LogP contribution >= 0.6 is 0 Å². The average Bonchev–Trinajstić information content (AvgIpc) is 3.34. The first-order valence-corrected chi connectivity index (χ1v) is 12.1. The number of fused-ring (bicyclic) bond motifs is 4. The molecule has 0 saturated heterocycles. The van der Waals surface area contributed by atoms with Gasteiger partial charge in [-0.05, 0) is 64.4 Å². The molecule has 0 amide bonds. The Morgan fingerprint density at radius 2 is 1.25 bits per heavy atom. The molecule has 3 heteroatoms. The quantitative estimate of drug-likeness (QED) is 0.261. The molecule has 7 aromatic rings. The lowest BCUT2D eigenvalue weighted by atomic mass is 10.0. The second-order valence-electron chi connectivity index (χ2n) is 8.89. The lowest BCUT2D eigenvalue weighted by Crippen LogP contribution is -2.10. The fourth-order valence-electron chi connectivity index (χ4n) is 4.94. The van der Waals surface area contributed by atoms with Crippen LogP contribution in [0.15, 0.2) is 138 Å². The molecule has 5 aromatic carbocycles. The third kappa shape index (κ3) is 3.41. The number of pyridine rings is 1. The van der Waals surface area contributed by atoms with Crippen molar-refractivity contribution in [3.05, 3.63) is 134 Å². The highest BCUT2D eigenvalue weighted by Gasteiger charge is 2.20. The van der Waals surface area contributed by atoms with Gasteiger partial charge in [0.2, 0.25) is 0 Å². The van der Waals surface area contributed by atoms with Gasteiger partial charge in [0.1, 0.15) is 11.1 Å². The minimum Gasteiger partial charge on any atom is -0.452 e. The van der Waals surface area contributed by atoms with Crippen LogP contribution in [0, 0.1) is 0 Å². The summed E-state index contributed by atoms with van der Waals surface area (Å²) in [5, 5.41) is 3.42. The van der Waals surface area contributed by atoms with Gasteiger partial charge in [-0.1, -0.05) is 84.9 Å². The predicted molar refractivity (Wildman–Crippen MR) is 149 cm³/mol. The van der Waals surface area contributed by atoms with Gasteiger partial charge in [0, 0.05) is 23.0 Å². The van der Waals surface area contributed by atoms with Crippen LogP contribution in [0.1, 0.15) is 0 Å². The number of nitrogens with zero attached hydrogens (tertiary/aromatic N) is 2. The highest BCUT2D eigenvalue weighted by Crippen LogP contribution is 2.42. The van der Waals surface area contributed by atoms with Crippen molar-refractivity contribution in [1.29, 1.82) is 0 Å². The molecule has 0 aliphatic carbocycles. The highest BCUT2D eigenvalue weighted by molar-refractivity contribution is 6.08. The van der Waals surface area contributed by atoms with Gasteiger partial charge in [0.25, 0.3) is 0 Å². The van der Waals surface area contributed by atoms with E-state index in [1.165, 1.54) is 21.9 Å². The van der Waals surface area contributed by atoms with Crippen LogP contribution in [-0.4, -0.2) is 4.98 Å². The first-order chi connectivity index (χ1) is 17.8. The van der Waals surface area contributed by atoms with Crippen LogP contribution in [0.5, 0.6) is 0 Å². The summed E-state index contributed by atoms with van der Waals surface area (Å²) in [6.45, 7) is 0. The Kier molecular flexibility index (Phi) is 4.78.